The number of aromatic nitrogens is 3. The number of aromatic amines is 1. The number of hydrogen-bond acceptors (Lipinski definition) is 4. The van der Waals surface area contributed by atoms with Crippen molar-refractivity contribution in [1.29, 1.82) is 0 Å². The van der Waals surface area contributed by atoms with Crippen molar-refractivity contribution in [3.05, 3.63) is 54.7 Å². The van der Waals surface area contributed by atoms with Crippen molar-refractivity contribution in [3.8, 4) is 5.75 Å². The lowest BCUT2D eigenvalue weighted by Gasteiger charge is -2.14. The van der Waals surface area contributed by atoms with E-state index in [0.717, 1.165) is 27.6 Å². The van der Waals surface area contributed by atoms with E-state index in [4.69, 9.17) is 4.74 Å². The number of fused-ring (bicyclic) bond motifs is 2. The number of hydrogen-bond donors (Lipinski definition) is 2. The number of ether oxygens (including phenoxy) is 1. The van der Waals surface area contributed by atoms with Gasteiger partial charge in [0.25, 0.3) is 0 Å². The maximum atomic E-state index is 12.7. The lowest BCUT2D eigenvalue weighted by Crippen LogP contribution is -2.34. The van der Waals surface area contributed by atoms with Crippen molar-refractivity contribution < 1.29 is 14.3 Å². The zero-order valence-corrected chi connectivity index (χ0v) is 17.2. The van der Waals surface area contributed by atoms with Crippen LogP contribution in [0.4, 0.5) is 5.82 Å². The number of carbonyl (C=O) groups is 2. The Morgan fingerprint density at radius 3 is 2.94 bits per heavy atom. The van der Waals surface area contributed by atoms with Crippen LogP contribution < -0.4 is 15.0 Å². The SMILES string of the molecule is COc1cccc2c1ccn2CCNC(=O)[C@H]1CC(=O)N(c2n[nH]c3ccccc23)C1. The third kappa shape index (κ3) is 3.39. The van der Waals surface area contributed by atoms with Crippen LogP contribution >= 0.6 is 0 Å². The molecule has 5 rings (SSSR count). The third-order valence-electron chi connectivity index (χ3n) is 5.85. The second kappa shape index (κ2) is 7.79. The minimum atomic E-state index is -0.385. The summed E-state index contributed by atoms with van der Waals surface area (Å²) in [6, 6.07) is 15.6. The third-order valence-corrected chi connectivity index (χ3v) is 5.85. The summed E-state index contributed by atoms with van der Waals surface area (Å²) in [6.45, 7) is 1.45. The normalized spacial score (nSPS) is 16.4. The first kappa shape index (κ1) is 19.2. The van der Waals surface area contributed by atoms with Gasteiger partial charge in [-0.05, 0) is 30.3 Å². The molecule has 2 aromatic carbocycles. The highest BCUT2D eigenvalue weighted by Crippen LogP contribution is 2.30. The number of nitrogens with one attached hydrogen (secondary N) is 2. The quantitative estimate of drug-likeness (QED) is 0.505. The molecular formula is C23H23N5O3. The highest BCUT2D eigenvalue weighted by Gasteiger charge is 2.36. The van der Waals surface area contributed by atoms with Gasteiger partial charge in [-0.3, -0.25) is 19.6 Å². The predicted molar refractivity (Wildman–Crippen MR) is 118 cm³/mol. The van der Waals surface area contributed by atoms with Gasteiger partial charge in [-0.25, -0.2) is 0 Å². The standard InChI is InChI=1S/C23H23N5O3/c1-31-20-8-4-7-19-17(20)9-11-27(19)12-10-24-23(30)15-13-21(29)28(14-15)22-16-5-2-3-6-18(16)25-26-22/h2-9,11,15H,10,12-14H2,1H3,(H,24,30)(H,25,26)/t15-/m0/s1. The summed E-state index contributed by atoms with van der Waals surface area (Å²) in [5, 5.41) is 12.1. The fourth-order valence-corrected chi connectivity index (χ4v) is 4.25. The van der Waals surface area contributed by atoms with E-state index in [-0.39, 0.29) is 24.2 Å². The summed E-state index contributed by atoms with van der Waals surface area (Å²) in [6.07, 6.45) is 2.18. The number of carbonyl (C=O) groups excluding carboxylic acids is 2. The first-order chi connectivity index (χ1) is 15.2. The largest absolute Gasteiger partial charge is 0.496 e. The van der Waals surface area contributed by atoms with Gasteiger partial charge < -0.3 is 14.6 Å². The van der Waals surface area contributed by atoms with Gasteiger partial charge >= 0.3 is 0 Å². The number of amides is 2. The molecule has 8 nitrogen and oxygen atoms in total. The second-order valence-electron chi connectivity index (χ2n) is 7.69. The van der Waals surface area contributed by atoms with Crippen LogP contribution in [0.5, 0.6) is 5.75 Å². The summed E-state index contributed by atoms with van der Waals surface area (Å²) in [5.41, 5.74) is 1.93. The number of rotatable bonds is 6. The molecule has 8 heteroatoms. The van der Waals surface area contributed by atoms with Crippen molar-refractivity contribution in [3.63, 3.8) is 0 Å². The van der Waals surface area contributed by atoms with E-state index in [1.165, 1.54) is 0 Å². The zero-order valence-electron chi connectivity index (χ0n) is 17.2. The molecule has 31 heavy (non-hydrogen) atoms. The molecule has 2 amide bonds. The van der Waals surface area contributed by atoms with Crippen LogP contribution in [0, 0.1) is 5.92 Å². The minimum absolute atomic E-state index is 0.0825. The lowest BCUT2D eigenvalue weighted by atomic mass is 10.1. The molecule has 3 heterocycles. The predicted octanol–water partition coefficient (Wildman–Crippen LogP) is 2.70. The van der Waals surface area contributed by atoms with Gasteiger partial charge in [0, 0.05) is 43.0 Å². The Balaban J connectivity index is 1.22. The Morgan fingerprint density at radius 2 is 2.06 bits per heavy atom. The Labute approximate surface area is 178 Å². The summed E-state index contributed by atoms with van der Waals surface area (Å²) < 4.78 is 7.48. The summed E-state index contributed by atoms with van der Waals surface area (Å²) in [7, 11) is 1.66. The number of nitrogens with zero attached hydrogens (tertiary/aromatic N) is 3. The average molecular weight is 417 g/mol. The molecule has 0 bridgehead atoms. The van der Waals surface area contributed by atoms with E-state index in [1.807, 2.05) is 54.7 Å². The van der Waals surface area contributed by atoms with Gasteiger partial charge in [-0.1, -0.05) is 18.2 Å². The molecule has 4 aromatic rings. The number of para-hydroxylation sites is 1. The molecule has 1 aliphatic heterocycles. The van der Waals surface area contributed by atoms with Crippen molar-refractivity contribution in [2.45, 2.75) is 13.0 Å². The first-order valence-electron chi connectivity index (χ1n) is 10.3. The second-order valence-corrected chi connectivity index (χ2v) is 7.69. The Kier molecular flexibility index (Phi) is 4.82. The Morgan fingerprint density at radius 1 is 1.19 bits per heavy atom. The first-order valence-corrected chi connectivity index (χ1v) is 10.3. The summed E-state index contributed by atoms with van der Waals surface area (Å²) >= 11 is 0. The van der Waals surface area contributed by atoms with Crippen LogP contribution in [-0.4, -0.2) is 46.8 Å². The molecule has 2 N–H and O–H groups in total. The molecule has 158 valence electrons. The smallest absolute Gasteiger partial charge is 0.229 e. The number of methoxy groups -OCH3 is 1. The zero-order chi connectivity index (χ0) is 21.4. The summed E-state index contributed by atoms with van der Waals surface area (Å²) in [5.74, 6) is 0.842. The molecule has 0 spiro atoms. The lowest BCUT2D eigenvalue weighted by molar-refractivity contribution is -0.126. The van der Waals surface area contributed by atoms with Crippen LogP contribution in [0.3, 0.4) is 0 Å². The van der Waals surface area contributed by atoms with Crippen molar-refractivity contribution >= 4 is 39.4 Å². The van der Waals surface area contributed by atoms with E-state index in [0.29, 0.717) is 25.5 Å². The van der Waals surface area contributed by atoms with Crippen LogP contribution in [0.1, 0.15) is 6.42 Å². The molecule has 1 fully saturated rings. The van der Waals surface area contributed by atoms with E-state index in [2.05, 4.69) is 20.1 Å². The van der Waals surface area contributed by atoms with Gasteiger partial charge in [0.05, 0.1) is 24.1 Å². The number of H-pyrrole nitrogens is 1. The van der Waals surface area contributed by atoms with Gasteiger partial charge in [0.1, 0.15) is 5.75 Å². The molecule has 2 aromatic heterocycles. The molecule has 1 saturated heterocycles. The summed E-state index contributed by atoms with van der Waals surface area (Å²) in [4.78, 5) is 26.9. The van der Waals surface area contributed by atoms with Crippen LogP contribution in [0.2, 0.25) is 0 Å². The highest BCUT2D eigenvalue weighted by molar-refractivity contribution is 6.05. The Bertz CT molecular complexity index is 1270. The van der Waals surface area contributed by atoms with Crippen LogP contribution in [-0.2, 0) is 16.1 Å². The molecule has 0 aliphatic carbocycles. The van der Waals surface area contributed by atoms with Crippen molar-refractivity contribution in [2.75, 3.05) is 25.1 Å². The van der Waals surface area contributed by atoms with Crippen molar-refractivity contribution in [1.82, 2.24) is 20.1 Å². The maximum Gasteiger partial charge on any atom is 0.229 e. The molecule has 1 aliphatic rings. The van der Waals surface area contributed by atoms with E-state index < -0.39 is 0 Å². The van der Waals surface area contributed by atoms with Gasteiger partial charge in [-0.15, -0.1) is 0 Å². The molecular weight excluding hydrogens is 394 g/mol. The van der Waals surface area contributed by atoms with Gasteiger partial charge in [0.15, 0.2) is 5.82 Å². The fourth-order valence-electron chi connectivity index (χ4n) is 4.25. The topological polar surface area (TPSA) is 92.2 Å². The van der Waals surface area contributed by atoms with Crippen molar-refractivity contribution in [2.24, 2.45) is 5.92 Å². The maximum absolute atomic E-state index is 12.7. The molecule has 0 saturated carbocycles. The monoisotopic (exact) mass is 417 g/mol. The minimum Gasteiger partial charge on any atom is -0.496 e. The number of benzene rings is 2. The van der Waals surface area contributed by atoms with Crippen LogP contribution in [0.25, 0.3) is 21.8 Å². The highest BCUT2D eigenvalue weighted by atomic mass is 16.5. The molecule has 1 atom stereocenters. The molecule has 0 unspecified atom stereocenters. The fraction of sp³-hybridized carbons (Fsp3) is 0.261. The van der Waals surface area contributed by atoms with Crippen LogP contribution in [0.15, 0.2) is 54.7 Å². The average Bonchev–Trinajstić information content (AvgIpc) is 3.50. The van der Waals surface area contributed by atoms with E-state index in [1.54, 1.807) is 12.0 Å². The number of anilines is 1. The van der Waals surface area contributed by atoms with E-state index >= 15 is 0 Å². The van der Waals surface area contributed by atoms with Gasteiger partial charge in [0.2, 0.25) is 11.8 Å². The Hall–Kier alpha value is -3.81. The van der Waals surface area contributed by atoms with E-state index in [9.17, 15) is 9.59 Å². The van der Waals surface area contributed by atoms with Gasteiger partial charge in [-0.2, -0.15) is 5.10 Å². The molecule has 0 radical (unpaired) electrons.